The number of aryl methyl sites for hydroxylation is 2. The van der Waals surface area contributed by atoms with Crippen LogP contribution in [-0.2, 0) is 37.5 Å². The van der Waals surface area contributed by atoms with Gasteiger partial charge in [0.05, 0.1) is 21.2 Å². The van der Waals surface area contributed by atoms with E-state index in [0.717, 1.165) is 31.2 Å². The SMILES string of the molecule is CCS(=O)(=O)c1ccc(O)c(NC(=O)CCNS(=O)(=O)c2ccc3c(c2)CCCC3)c1. The van der Waals surface area contributed by atoms with E-state index < -0.39 is 25.8 Å². The Morgan fingerprint density at radius 1 is 0.968 bits per heavy atom. The quantitative estimate of drug-likeness (QED) is 0.512. The molecule has 3 rings (SSSR count). The minimum absolute atomic E-state index is 0.0174. The molecular weight excluding hydrogens is 440 g/mol. The highest BCUT2D eigenvalue weighted by molar-refractivity contribution is 7.91. The summed E-state index contributed by atoms with van der Waals surface area (Å²) in [5.41, 5.74) is 2.18. The third-order valence-corrected chi connectivity index (χ3v) is 8.45. The van der Waals surface area contributed by atoms with E-state index in [0.29, 0.717) is 0 Å². The summed E-state index contributed by atoms with van der Waals surface area (Å²) in [6, 6.07) is 8.74. The van der Waals surface area contributed by atoms with E-state index in [-0.39, 0.29) is 39.9 Å². The molecule has 1 aliphatic carbocycles. The maximum absolute atomic E-state index is 12.6. The minimum Gasteiger partial charge on any atom is -0.506 e. The Bertz CT molecular complexity index is 1190. The average molecular weight is 467 g/mol. The average Bonchev–Trinajstić information content (AvgIpc) is 2.74. The highest BCUT2D eigenvalue weighted by Gasteiger charge is 2.19. The van der Waals surface area contributed by atoms with Gasteiger partial charge in [-0.3, -0.25) is 4.79 Å². The Hall–Kier alpha value is -2.43. The number of rotatable bonds is 8. The maximum atomic E-state index is 12.6. The molecule has 0 unspecified atom stereocenters. The van der Waals surface area contributed by atoms with E-state index in [1.54, 1.807) is 12.1 Å². The van der Waals surface area contributed by atoms with Crippen LogP contribution >= 0.6 is 0 Å². The molecule has 0 fully saturated rings. The number of carbonyl (C=O) groups excluding carboxylic acids is 1. The molecule has 0 bridgehead atoms. The summed E-state index contributed by atoms with van der Waals surface area (Å²) in [4.78, 5) is 12.4. The van der Waals surface area contributed by atoms with Gasteiger partial charge < -0.3 is 10.4 Å². The largest absolute Gasteiger partial charge is 0.506 e. The summed E-state index contributed by atoms with van der Waals surface area (Å²) < 4.78 is 51.5. The number of hydrogen-bond donors (Lipinski definition) is 3. The fourth-order valence-electron chi connectivity index (χ4n) is 3.45. The first-order valence-electron chi connectivity index (χ1n) is 10.1. The van der Waals surface area contributed by atoms with Gasteiger partial charge >= 0.3 is 0 Å². The van der Waals surface area contributed by atoms with Gasteiger partial charge in [0.2, 0.25) is 15.9 Å². The minimum atomic E-state index is -3.76. The number of hydrogen-bond acceptors (Lipinski definition) is 6. The molecule has 2 aromatic rings. The second kappa shape index (κ2) is 9.37. The lowest BCUT2D eigenvalue weighted by atomic mass is 9.92. The van der Waals surface area contributed by atoms with Crippen LogP contribution in [0.4, 0.5) is 5.69 Å². The molecule has 0 aliphatic heterocycles. The number of phenols is 1. The summed E-state index contributed by atoms with van der Waals surface area (Å²) in [7, 11) is -7.26. The van der Waals surface area contributed by atoms with Gasteiger partial charge in [0.1, 0.15) is 5.75 Å². The van der Waals surface area contributed by atoms with Crippen molar-refractivity contribution in [3.8, 4) is 5.75 Å². The number of benzene rings is 2. The number of nitrogens with one attached hydrogen (secondary N) is 2. The molecule has 0 heterocycles. The number of carbonyl (C=O) groups is 1. The first-order valence-corrected chi connectivity index (χ1v) is 13.2. The van der Waals surface area contributed by atoms with Crippen LogP contribution in [0.15, 0.2) is 46.2 Å². The van der Waals surface area contributed by atoms with Crippen LogP contribution in [0, 0.1) is 0 Å². The van der Waals surface area contributed by atoms with Crippen LogP contribution in [0.3, 0.4) is 0 Å². The van der Waals surface area contributed by atoms with Crippen LogP contribution < -0.4 is 10.0 Å². The number of anilines is 1. The lowest BCUT2D eigenvalue weighted by molar-refractivity contribution is -0.116. The zero-order valence-corrected chi connectivity index (χ0v) is 18.9. The summed E-state index contributed by atoms with van der Waals surface area (Å²) in [5, 5.41) is 12.3. The monoisotopic (exact) mass is 466 g/mol. The van der Waals surface area contributed by atoms with Crippen LogP contribution in [0.1, 0.15) is 37.3 Å². The highest BCUT2D eigenvalue weighted by Crippen LogP contribution is 2.27. The van der Waals surface area contributed by atoms with Crippen molar-refractivity contribution < 1.29 is 26.7 Å². The summed E-state index contributed by atoms with van der Waals surface area (Å²) in [5.74, 6) is -0.956. The number of amides is 1. The summed E-state index contributed by atoms with van der Waals surface area (Å²) in [6.07, 6.45) is 3.77. The van der Waals surface area contributed by atoms with Gasteiger partial charge in [-0.05, 0) is 67.1 Å². The first kappa shape index (κ1) is 23.2. The molecule has 0 aromatic heterocycles. The third kappa shape index (κ3) is 5.63. The Kier molecular flexibility index (Phi) is 7.03. The zero-order chi connectivity index (χ0) is 22.6. The van der Waals surface area contributed by atoms with Crippen molar-refractivity contribution in [3.63, 3.8) is 0 Å². The van der Waals surface area contributed by atoms with Crippen LogP contribution in [-0.4, -0.2) is 40.1 Å². The van der Waals surface area contributed by atoms with Gasteiger partial charge in [-0.2, -0.15) is 0 Å². The molecular formula is C21H26N2O6S2. The Balaban J connectivity index is 1.61. The van der Waals surface area contributed by atoms with Crippen LogP contribution in [0.25, 0.3) is 0 Å². The van der Waals surface area contributed by atoms with Crippen molar-refractivity contribution in [2.75, 3.05) is 17.6 Å². The second-order valence-corrected chi connectivity index (χ2v) is 11.5. The molecule has 0 radical (unpaired) electrons. The van der Waals surface area contributed by atoms with E-state index in [2.05, 4.69) is 10.0 Å². The summed E-state index contributed by atoms with van der Waals surface area (Å²) in [6.45, 7) is 1.36. The van der Waals surface area contributed by atoms with Gasteiger partial charge in [0, 0.05) is 13.0 Å². The van der Waals surface area contributed by atoms with Gasteiger partial charge in [-0.15, -0.1) is 0 Å². The molecule has 3 N–H and O–H groups in total. The normalized spacial score (nSPS) is 14.1. The molecule has 10 heteroatoms. The molecule has 0 spiro atoms. The molecule has 168 valence electrons. The fraction of sp³-hybridized carbons (Fsp3) is 0.381. The molecule has 0 atom stereocenters. The van der Waals surface area contributed by atoms with E-state index >= 15 is 0 Å². The lowest BCUT2D eigenvalue weighted by Gasteiger charge is -2.16. The number of phenolic OH excluding ortho intramolecular Hbond substituents is 1. The number of sulfone groups is 1. The van der Waals surface area contributed by atoms with Crippen molar-refractivity contribution in [3.05, 3.63) is 47.5 Å². The predicted molar refractivity (Wildman–Crippen MR) is 117 cm³/mol. The van der Waals surface area contributed by atoms with E-state index in [1.807, 2.05) is 6.07 Å². The topological polar surface area (TPSA) is 130 Å². The Labute approximate surface area is 182 Å². The van der Waals surface area contributed by atoms with Crippen molar-refractivity contribution in [2.24, 2.45) is 0 Å². The van der Waals surface area contributed by atoms with Crippen molar-refractivity contribution in [1.82, 2.24) is 4.72 Å². The van der Waals surface area contributed by atoms with Gasteiger partial charge in [0.15, 0.2) is 9.84 Å². The maximum Gasteiger partial charge on any atom is 0.240 e. The van der Waals surface area contributed by atoms with Crippen molar-refractivity contribution in [1.29, 1.82) is 0 Å². The van der Waals surface area contributed by atoms with Gasteiger partial charge in [0.25, 0.3) is 0 Å². The lowest BCUT2D eigenvalue weighted by Crippen LogP contribution is -2.28. The molecule has 8 nitrogen and oxygen atoms in total. The van der Waals surface area contributed by atoms with Gasteiger partial charge in [-0.25, -0.2) is 21.6 Å². The molecule has 0 saturated heterocycles. The smallest absolute Gasteiger partial charge is 0.240 e. The number of fused-ring (bicyclic) bond motifs is 1. The van der Waals surface area contributed by atoms with Crippen molar-refractivity contribution in [2.45, 2.75) is 48.8 Å². The standard InChI is InChI=1S/C21H26N2O6S2/c1-2-30(26,27)17-9-10-20(24)19(14-17)23-21(25)11-12-22-31(28,29)18-8-7-15-5-3-4-6-16(15)13-18/h7-10,13-14,22,24H,2-6,11-12H2,1H3,(H,23,25). The zero-order valence-electron chi connectivity index (χ0n) is 17.2. The molecule has 1 aliphatic rings. The number of aromatic hydroxyl groups is 1. The number of sulfonamides is 1. The Morgan fingerprint density at radius 2 is 1.65 bits per heavy atom. The molecule has 1 amide bonds. The second-order valence-electron chi connectivity index (χ2n) is 7.42. The van der Waals surface area contributed by atoms with Gasteiger partial charge in [-0.1, -0.05) is 13.0 Å². The molecule has 31 heavy (non-hydrogen) atoms. The first-order chi connectivity index (χ1) is 14.6. The highest BCUT2D eigenvalue weighted by atomic mass is 32.2. The Morgan fingerprint density at radius 3 is 2.35 bits per heavy atom. The van der Waals surface area contributed by atoms with Crippen molar-refractivity contribution >= 4 is 31.5 Å². The van der Waals surface area contributed by atoms with E-state index in [9.17, 15) is 26.7 Å². The van der Waals surface area contributed by atoms with Crippen LogP contribution in [0.2, 0.25) is 0 Å². The third-order valence-electron chi connectivity index (χ3n) is 5.26. The van der Waals surface area contributed by atoms with E-state index in [1.165, 1.54) is 30.7 Å². The van der Waals surface area contributed by atoms with E-state index in [4.69, 9.17) is 0 Å². The molecule has 2 aromatic carbocycles. The molecule has 0 saturated carbocycles. The van der Waals surface area contributed by atoms with Crippen LogP contribution in [0.5, 0.6) is 5.75 Å². The fourth-order valence-corrected chi connectivity index (χ4v) is 5.44. The summed E-state index contributed by atoms with van der Waals surface area (Å²) >= 11 is 0. The predicted octanol–water partition coefficient (Wildman–Crippen LogP) is 2.37.